The van der Waals surface area contributed by atoms with Gasteiger partial charge in [-0.05, 0) is 31.2 Å². The smallest absolute Gasteiger partial charge is 0.241 e. The normalized spacial score (nSPS) is 12.0. The highest BCUT2D eigenvalue weighted by molar-refractivity contribution is 8.01. The molecule has 0 aliphatic rings. The molecule has 3 rings (SSSR count). The van der Waals surface area contributed by atoms with Crippen LogP contribution in [-0.4, -0.2) is 31.8 Å². The van der Waals surface area contributed by atoms with Gasteiger partial charge in [0.15, 0.2) is 0 Å². The van der Waals surface area contributed by atoms with Crippen molar-refractivity contribution in [3.63, 3.8) is 0 Å². The minimum Gasteiger partial charge on any atom is -0.241 e. The molecule has 8 heteroatoms. The second-order valence-corrected chi connectivity index (χ2v) is 11.0. The van der Waals surface area contributed by atoms with Crippen molar-refractivity contribution in [2.75, 3.05) is 14.1 Å². The van der Waals surface area contributed by atoms with Crippen molar-refractivity contribution in [1.29, 1.82) is 0 Å². The van der Waals surface area contributed by atoms with Crippen LogP contribution in [0.1, 0.15) is 5.69 Å². The quantitative estimate of drug-likeness (QED) is 0.633. The van der Waals surface area contributed by atoms with E-state index >= 15 is 0 Å². The highest BCUT2D eigenvalue weighted by Gasteiger charge is 2.19. The van der Waals surface area contributed by atoms with E-state index < -0.39 is 10.0 Å². The van der Waals surface area contributed by atoms with Crippen molar-refractivity contribution in [3.8, 4) is 10.6 Å². The van der Waals surface area contributed by atoms with Gasteiger partial charge in [0.2, 0.25) is 0 Å². The number of aromatic nitrogens is 1. The molecule has 0 saturated heterocycles. The van der Waals surface area contributed by atoms with Crippen molar-refractivity contribution in [2.24, 2.45) is 0 Å². The first-order valence-corrected chi connectivity index (χ1v) is 11.0. The molecule has 0 fully saturated rings. The summed E-state index contributed by atoms with van der Waals surface area (Å²) < 4.78 is 26.8. The van der Waals surface area contributed by atoms with Gasteiger partial charge in [-0.2, -0.15) is 0 Å². The fourth-order valence-corrected chi connectivity index (χ4v) is 6.48. The number of sulfonamides is 1. The van der Waals surface area contributed by atoms with Gasteiger partial charge < -0.3 is 0 Å². The second kappa shape index (κ2) is 6.97. The van der Waals surface area contributed by atoms with Crippen LogP contribution in [0.25, 0.3) is 10.6 Å². The topological polar surface area (TPSA) is 50.3 Å². The zero-order valence-corrected chi connectivity index (χ0v) is 16.7. The summed E-state index contributed by atoms with van der Waals surface area (Å²) in [6.45, 7) is 1.99. The largest absolute Gasteiger partial charge is 0.252 e. The summed E-state index contributed by atoms with van der Waals surface area (Å²) in [6, 6.07) is 11.7. The lowest BCUT2D eigenvalue weighted by molar-refractivity contribution is 0.523. The van der Waals surface area contributed by atoms with Crippen molar-refractivity contribution < 1.29 is 8.42 Å². The van der Waals surface area contributed by atoms with Gasteiger partial charge in [0, 0.05) is 35.6 Å². The molecule has 0 bridgehead atoms. The van der Waals surface area contributed by atoms with E-state index in [1.165, 1.54) is 15.6 Å². The van der Waals surface area contributed by atoms with Crippen LogP contribution in [0.3, 0.4) is 0 Å². The van der Waals surface area contributed by atoms with Crippen LogP contribution in [0.2, 0.25) is 0 Å². The molecule has 126 valence electrons. The number of benzene rings is 1. The fourth-order valence-electron chi connectivity index (χ4n) is 1.94. The van der Waals surface area contributed by atoms with Crippen LogP contribution in [0.5, 0.6) is 0 Å². The van der Waals surface area contributed by atoms with Crippen molar-refractivity contribution in [3.05, 3.63) is 47.5 Å². The summed E-state index contributed by atoms with van der Waals surface area (Å²) >= 11 is 4.49. The SMILES string of the molecule is Cc1csc(-c2ccc(Sc3ccc(S(=O)(=O)N(C)C)s3)cc2)n1. The molecular formula is C16H16N2O2S4. The Morgan fingerprint density at radius 3 is 2.38 bits per heavy atom. The summed E-state index contributed by atoms with van der Waals surface area (Å²) in [4.78, 5) is 5.56. The van der Waals surface area contributed by atoms with E-state index in [1.807, 2.05) is 42.6 Å². The molecule has 0 radical (unpaired) electrons. The van der Waals surface area contributed by atoms with Gasteiger partial charge in [-0.15, -0.1) is 22.7 Å². The van der Waals surface area contributed by atoms with Gasteiger partial charge in [-0.3, -0.25) is 0 Å². The van der Waals surface area contributed by atoms with Crippen molar-refractivity contribution in [2.45, 2.75) is 20.2 Å². The van der Waals surface area contributed by atoms with E-state index in [9.17, 15) is 8.42 Å². The lowest BCUT2D eigenvalue weighted by atomic mass is 10.2. The molecule has 0 aliphatic heterocycles. The Morgan fingerprint density at radius 2 is 1.79 bits per heavy atom. The third-order valence-corrected chi connectivity index (χ3v) is 8.75. The molecular weight excluding hydrogens is 380 g/mol. The lowest BCUT2D eigenvalue weighted by Gasteiger charge is -2.08. The molecule has 0 atom stereocenters. The summed E-state index contributed by atoms with van der Waals surface area (Å²) in [5, 5.41) is 3.05. The van der Waals surface area contributed by atoms with E-state index in [0.29, 0.717) is 4.21 Å². The highest BCUT2D eigenvalue weighted by Crippen LogP contribution is 2.36. The molecule has 0 N–H and O–H groups in total. The molecule has 0 unspecified atom stereocenters. The Bertz CT molecular complexity index is 941. The molecule has 2 heterocycles. The maximum atomic E-state index is 12.1. The summed E-state index contributed by atoms with van der Waals surface area (Å²) in [7, 11) is -0.272. The van der Waals surface area contributed by atoms with E-state index in [2.05, 4.69) is 4.98 Å². The van der Waals surface area contributed by atoms with E-state index in [0.717, 1.165) is 25.4 Å². The van der Waals surface area contributed by atoms with E-state index in [-0.39, 0.29) is 0 Å². The predicted molar refractivity (Wildman–Crippen MR) is 102 cm³/mol. The van der Waals surface area contributed by atoms with Gasteiger partial charge >= 0.3 is 0 Å². The lowest BCUT2D eigenvalue weighted by Crippen LogP contribution is -2.21. The first-order valence-electron chi connectivity index (χ1n) is 7.09. The minimum atomic E-state index is -3.36. The molecule has 0 saturated carbocycles. The number of hydrogen-bond acceptors (Lipinski definition) is 6. The zero-order valence-electron chi connectivity index (χ0n) is 13.4. The molecule has 4 nitrogen and oxygen atoms in total. The molecule has 24 heavy (non-hydrogen) atoms. The molecule has 0 amide bonds. The van der Waals surface area contributed by atoms with Gasteiger partial charge in [0.1, 0.15) is 9.22 Å². The monoisotopic (exact) mass is 396 g/mol. The van der Waals surface area contributed by atoms with Crippen molar-refractivity contribution >= 4 is 44.5 Å². The summed E-state index contributed by atoms with van der Waals surface area (Å²) in [5.41, 5.74) is 2.13. The Hall–Kier alpha value is -1.19. The van der Waals surface area contributed by atoms with Gasteiger partial charge in [0.05, 0.1) is 4.21 Å². The third-order valence-electron chi connectivity index (χ3n) is 3.23. The standard InChI is InChI=1S/C16H16N2O2S4/c1-11-10-21-16(17-11)12-4-6-13(7-5-12)22-14-8-9-15(23-14)24(19,20)18(2)3/h4-10H,1-3H3. The third kappa shape index (κ3) is 3.73. The molecule has 3 aromatic rings. The number of thiophene rings is 1. The summed E-state index contributed by atoms with van der Waals surface area (Å²) in [6.07, 6.45) is 0. The Morgan fingerprint density at radius 1 is 1.08 bits per heavy atom. The van der Waals surface area contributed by atoms with Crippen LogP contribution in [0, 0.1) is 6.92 Å². The Balaban J connectivity index is 1.76. The second-order valence-electron chi connectivity index (χ2n) is 5.28. The Labute approximate surface area is 154 Å². The average molecular weight is 397 g/mol. The highest BCUT2D eigenvalue weighted by atomic mass is 32.3. The van der Waals surface area contributed by atoms with Crippen LogP contribution < -0.4 is 0 Å². The average Bonchev–Trinajstić information content (AvgIpc) is 3.17. The minimum absolute atomic E-state index is 0.366. The molecule has 0 aliphatic carbocycles. The molecule has 0 spiro atoms. The van der Waals surface area contributed by atoms with E-state index in [4.69, 9.17) is 0 Å². The fraction of sp³-hybridized carbons (Fsp3) is 0.188. The summed E-state index contributed by atoms with van der Waals surface area (Å²) in [5.74, 6) is 0. The number of thiazole rings is 1. The van der Waals surface area contributed by atoms with Gasteiger partial charge in [-0.25, -0.2) is 17.7 Å². The molecule has 2 aromatic heterocycles. The van der Waals surface area contributed by atoms with Crippen LogP contribution in [0.4, 0.5) is 0 Å². The van der Waals surface area contributed by atoms with E-state index in [1.54, 1.807) is 43.3 Å². The number of rotatable bonds is 5. The van der Waals surface area contributed by atoms with Gasteiger partial charge in [0.25, 0.3) is 10.0 Å². The number of nitrogens with zero attached hydrogens (tertiary/aromatic N) is 2. The first kappa shape index (κ1) is 17.6. The van der Waals surface area contributed by atoms with Gasteiger partial charge in [-0.1, -0.05) is 23.9 Å². The van der Waals surface area contributed by atoms with Crippen molar-refractivity contribution in [1.82, 2.24) is 9.29 Å². The molecule has 1 aromatic carbocycles. The number of hydrogen-bond donors (Lipinski definition) is 0. The number of aryl methyl sites for hydroxylation is 1. The first-order chi connectivity index (χ1) is 11.4. The zero-order chi connectivity index (χ0) is 17.3. The van der Waals surface area contributed by atoms with Crippen LogP contribution in [-0.2, 0) is 10.0 Å². The van der Waals surface area contributed by atoms with Crippen LogP contribution in [0.15, 0.2) is 55.1 Å². The van der Waals surface area contributed by atoms with Crippen LogP contribution >= 0.6 is 34.4 Å². The maximum Gasteiger partial charge on any atom is 0.252 e. The maximum absolute atomic E-state index is 12.1. The predicted octanol–water partition coefficient (Wildman–Crippen LogP) is 4.58. The Kier molecular flexibility index (Phi) is 5.12.